The lowest BCUT2D eigenvalue weighted by Crippen LogP contribution is -2.31. The zero-order valence-corrected chi connectivity index (χ0v) is 12.1. The van der Waals surface area contributed by atoms with Crippen LogP contribution in [0.1, 0.15) is 5.56 Å². The minimum atomic E-state index is -0.450. The summed E-state index contributed by atoms with van der Waals surface area (Å²) in [7, 11) is 0. The minimum Gasteiger partial charge on any atom is -0.292 e. The lowest BCUT2D eigenvalue weighted by molar-refractivity contribution is -0.384. The maximum atomic E-state index is 12.5. The maximum Gasteiger partial charge on any atom is 0.329 e. The third kappa shape index (κ3) is 2.50. The van der Waals surface area contributed by atoms with Crippen LogP contribution in [0.3, 0.4) is 0 Å². The highest BCUT2D eigenvalue weighted by Gasteiger charge is 2.30. The molecule has 6 nitrogen and oxygen atoms in total. The second-order valence-electron chi connectivity index (χ2n) is 5.19. The van der Waals surface area contributed by atoms with Crippen LogP contribution in [-0.4, -0.2) is 24.0 Å². The first-order chi connectivity index (χ1) is 10.6. The Morgan fingerprint density at radius 3 is 1.82 bits per heavy atom. The lowest BCUT2D eigenvalue weighted by atomic mass is 10.2. The summed E-state index contributed by atoms with van der Waals surface area (Å²) in [6.07, 6.45) is 0. The fourth-order valence-corrected chi connectivity index (χ4v) is 2.50. The summed E-state index contributed by atoms with van der Waals surface area (Å²) in [5.41, 5.74) is 2.69. The van der Waals surface area contributed by atoms with Gasteiger partial charge in [0, 0.05) is 36.6 Å². The fourth-order valence-electron chi connectivity index (χ4n) is 2.50. The molecule has 6 heteroatoms. The average Bonchev–Trinajstić information content (AvgIpc) is 2.90. The molecule has 0 aliphatic carbocycles. The zero-order valence-electron chi connectivity index (χ0n) is 12.1. The van der Waals surface area contributed by atoms with Gasteiger partial charge in [0.25, 0.3) is 5.69 Å². The number of nitro benzene ring substituents is 1. The van der Waals surface area contributed by atoms with Crippen LogP contribution in [0.5, 0.6) is 0 Å². The van der Waals surface area contributed by atoms with Crippen LogP contribution in [0.15, 0.2) is 48.5 Å². The van der Waals surface area contributed by atoms with Crippen molar-refractivity contribution < 1.29 is 9.72 Å². The summed E-state index contributed by atoms with van der Waals surface area (Å²) < 4.78 is 0. The fraction of sp³-hybridized carbons (Fsp3) is 0.188. The van der Waals surface area contributed by atoms with Crippen molar-refractivity contribution in [3.8, 4) is 0 Å². The van der Waals surface area contributed by atoms with E-state index in [1.807, 2.05) is 31.2 Å². The molecule has 0 radical (unpaired) electrons. The Morgan fingerprint density at radius 2 is 1.36 bits per heavy atom. The largest absolute Gasteiger partial charge is 0.329 e. The standard InChI is InChI=1S/C16H15N3O3/c1-12-2-4-13(5-3-12)17-10-11-18(16(17)20)14-6-8-15(9-7-14)19(21)22/h2-9H,10-11H2,1H3. The molecule has 1 heterocycles. The van der Waals surface area contributed by atoms with Crippen molar-refractivity contribution in [3.05, 3.63) is 64.2 Å². The molecule has 0 spiro atoms. The normalized spacial score (nSPS) is 14.5. The predicted octanol–water partition coefficient (Wildman–Crippen LogP) is 3.35. The van der Waals surface area contributed by atoms with Gasteiger partial charge < -0.3 is 0 Å². The van der Waals surface area contributed by atoms with Gasteiger partial charge in [-0.1, -0.05) is 17.7 Å². The molecule has 112 valence electrons. The Bertz CT molecular complexity index is 710. The van der Waals surface area contributed by atoms with Crippen LogP contribution in [0.4, 0.5) is 21.9 Å². The Morgan fingerprint density at radius 1 is 0.909 bits per heavy atom. The number of benzene rings is 2. The molecule has 2 amide bonds. The van der Waals surface area contributed by atoms with Gasteiger partial charge in [-0.25, -0.2) is 4.79 Å². The molecule has 1 fully saturated rings. The summed E-state index contributed by atoms with van der Waals surface area (Å²) in [4.78, 5) is 26.1. The number of urea groups is 1. The molecule has 0 atom stereocenters. The van der Waals surface area contributed by atoms with Crippen LogP contribution in [0.25, 0.3) is 0 Å². The van der Waals surface area contributed by atoms with E-state index >= 15 is 0 Å². The first kappa shape index (κ1) is 14.1. The molecule has 0 aromatic heterocycles. The minimum absolute atomic E-state index is 0.0192. The van der Waals surface area contributed by atoms with Crippen LogP contribution >= 0.6 is 0 Å². The maximum absolute atomic E-state index is 12.5. The van der Waals surface area contributed by atoms with E-state index in [2.05, 4.69) is 0 Å². The number of nitro groups is 1. The van der Waals surface area contributed by atoms with E-state index in [1.54, 1.807) is 21.9 Å². The summed E-state index contributed by atoms with van der Waals surface area (Å²) in [5, 5.41) is 10.7. The number of anilines is 2. The van der Waals surface area contributed by atoms with E-state index in [4.69, 9.17) is 0 Å². The van der Waals surface area contributed by atoms with Crippen molar-refractivity contribution in [2.75, 3.05) is 22.9 Å². The van der Waals surface area contributed by atoms with Crippen molar-refractivity contribution >= 4 is 23.1 Å². The van der Waals surface area contributed by atoms with Crippen LogP contribution < -0.4 is 9.80 Å². The van der Waals surface area contributed by atoms with E-state index in [0.717, 1.165) is 11.3 Å². The molecule has 1 aliphatic heterocycles. The SMILES string of the molecule is Cc1ccc(N2CCN(c3ccc([N+](=O)[O-])cc3)C2=O)cc1. The van der Waals surface area contributed by atoms with Crippen molar-refractivity contribution in [1.82, 2.24) is 0 Å². The average molecular weight is 297 g/mol. The number of hydrogen-bond donors (Lipinski definition) is 0. The number of nitrogens with zero attached hydrogens (tertiary/aromatic N) is 3. The lowest BCUT2D eigenvalue weighted by Gasteiger charge is -2.18. The van der Waals surface area contributed by atoms with Gasteiger partial charge in [-0.3, -0.25) is 19.9 Å². The quantitative estimate of drug-likeness (QED) is 0.644. The van der Waals surface area contributed by atoms with Crippen molar-refractivity contribution in [3.63, 3.8) is 0 Å². The molecule has 0 unspecified atom stereocenters. The van der Waals surface area contributed by atoms with Gasteiger partial charge in [-0.05, 0) is 31.2 Å². The molecule has 0 saturated carbocycles. The van der Waals surface area contributed by atoms with Gasteiger partial charge >= 0.3 is 6.03 Å². The highest BCUT2D eigenvalue weighted by atomic mass is 16.6. The Kier molecular flexibility index (Phi) is 3.50. The van der Waals surface area contributed by atoms with E-state index in [1.165, 1.54) is 12.1 Å². The van der Waals surface area contributed by atoms with Gasteiger partial charge in [0.1, 0.15) is 0 Å². The number of carbonyl (C=O) groups excluding carboxylic acids is 1. The van der Waals surface area contributed by atoms with Gasteiger partial charge in [-0.15, -0.1) is 0 Å². The zero-order chi connectivity index (χ0) is 15.7. The van der Waals surface area contributed by atoms with Crippen molar-refractivity contribution in [2.24, 2.45) is 0 Å². The summed E-state index contributed by atoms with van der Waals surface area (Å²) in [6, 6.07) is 13.7. The van der Waals surface area contributed by atoms with Gasteiger partial charge in [0.15, 0.2) is 0 Å². The van der Waals surface area contributed by atoms with Crippen LogP contribution in [0, 0.1) is 17.0 Å². The smallest absolute Gasteiger partial charge is 0.292 e. The van der Waals surface area contributed by atoms with Crippen molar-refractivity contribution in [1.29, 1.82) is 0 Å². The third-order valence-corrected chi connectivity index (χ3v) is 3.73. The highest BCUT2D eigenvalue weighted by molar-refractivity contribution is 6.06. The van der Waals surface area contributed by atoms with Crippen LogP contribution in [-0.2, 0) is 0 Å². The molecule has 3 rings (SSSR count). The molecule has 1 aliphatic rings. The summed E-state index contributed by atoms with van der Waals surface area (Å²) in [5.74, 6) is 0. The van der Waals surface area contributed by atoms with Crippen molar-refractivity contribution in [2.45, 2.75) is 6.92 Å². The van der Waals surface area contributed by atoms with Gasteiger partial charge in [0.2, 0.25) is 0 Å². The Hall–Kier alpha value is -2.89. The molecule has 22 heavy (non-hydrogen) atoms. The van der Waals surface area contributed by atoms with E-state index in [-0.39, 0.29) is 11.7 Å². The molecule has 2 aromatic carbocycles. The number of carbonyl (C=O) groups is 1. The predicted molar refractivity (Wildman–Crippen MR) is 84.4 cm³/mol. The van der Waals surface area contributed by atoms with E-state index in [9.17, 15) is 14.9 Å². The van der Waals surface area contributed by atoms with Crippen LogP contribution in [0.2, 0.25) is 0 Å². The molecular formula is C16H15N3O3. The number of aryl methyl sites for hydroxylation is 1. The Balaban J connectivity index is 1.81. The highest BCUT2D eigenvalue weighted by Crippen LogP contribution is 2.26. The molecule has 0 N–H and O–H groups in total. The summed E-state index contributed by atoms with van der Waals surface area (Å²) >= 11 is 0. The summed E-state index contributed by atoms with van der Waals surface area (Å²) in [6.45, 7) is 3.15. The van der Waals surface area contributed by atoms with E-state index in [0.29, 0.717) is 18.8 Å². The number of amides is 2. The first-order valence-corrected chi connectivity index (χ1v) is 6.96. The molecule has 2 aromatic rings. The molecular weight excluding hydrogens is 282 g/mol. The number of rotatable bonds is 3. The topological polar surface area (TPSA) is 66.7 Å². The van der Waals surface area contributed by atoms with Gasteiger partial charge in [-0.2, -0.15) is 0 Å². The third-order valence-electron chi connectivity index (χ3n) is 3.73. The molecule has 1 saturated heterocycles. The molecule has 0 bridgehead atoms. The number of hydrogen-bond acceptors (Lipinski definition) is 3. The van der Waals surface area contributed by atoms with E-state index < -0.39 is 4.92 Å². The second kappa shape index (κ2) is 5.48. The number of non-ortho nitro benzene ring substituents is 1. The second-order valence-corrected chi connectivity index (χ2v) is 5.19. The Labute approximate surface area is 127 Å². The van der Waals surface area contributed by atoms with Gasteiger partial charge in [0.05, 0.1) is 4.92 Å². The monoisotopic (exact) mass is 297 g/mol. The first-order valence-electron chi connectivity index (χ1n) is 6.96.